The first kappa shape index (κ1) is 23.0. The van der Waals surface area contributed by atoms with E-state index in [0.717, 1.165) is 43.2 Å². The molecule has 164 valence electrons. The smallest absolute Gasteiger partial charge is 0.254 e. The third-order valence-corrected chi connectivity index (χ3v) is 5.75. The monoisotopic (exact) mass is 439 g/mol. The summed E-state index contributed by atoms with van der Waals surface area (Å²) in [5, 5.41) is 19.8. The summed E-state index contributed by atoms with van der Waals surface area (Å²) < 4.78 is 0. The van der Waals surface area contributed by atoms with Crippen molar-refractivity contribution < 1.29 is 9.90 Å². The van der Waals surface area contributed by atoms with Gasteiger partial charge in [0.05, 0.1) is 12.8 Å². The minimum absolute atomic E-state index is 0.160. The van der Waals surface area contributed by atoms with Crippen LogP contribution in [-0.4, -0.2) is 59.8 Å². The van der Waals surface area contributed by atoms with Gasteiger partial charge in [-0.05, 0) is 47.7 Å². The first-order valence-corrected chi connectivity index (χ1v) is 11.1. The molecule has 0 saturated carbocycles. The van der Waals surface area contributed by atoms with Crippen molar-refractivity contribution in [3.63, 3.8) is 0 Å². The predicted octanol–water partition coefficient (Wildman–Crippen LogP) is 2.35. The maximum Gasteiger partial charge on any atom is 0.254 e. The number of piperazine rings is 1. The van der Waals surface area contributed by atoms with Crippen LogP contribution >= 0.6 is 11.9 Å². The molecule has 3 rings (SSSR count). The van der Waals surface area contributed by atoms with Gasteiger partial charge in [-0.3, -0.25) is 19.7 Å². The number of nitrogens with one attached hydrogen (secondary N) is 1. The van der Waals surface area contributed by atoms with Gasteiger partial charge in [0, 0.05) is 43.2 Å². The molecule has 1 heterocycles. The van der Waals surface area contributed by atoms with Crippen LogP contribution in [0.2, 0.25) is 0 Å². The molecule has 0 unspecified atom stereocenters. The van der Waals surface area contributed by atoms with Gasteiger partial charge < -0.3 is 5.11 Å². The van der Waals surface area contributed by atoms with Gasteiger partial charge in [0.1, 0.15) is 5.75 Å². The molecule has 1 saturated heterocycles. The third-order valence-electron chi connectivity index (χ3n) is 5.21. The van der Waals surface area contributed by atoms with Gasteiger partial charge in [-0.25, -0.2) is 5.43 Å². The molecule has 4 N–H and O–H groups in total. The van der Waals surface area contributed by atoms with Gasteiger partial charge in [0.2, 0.25) is 0 Å². The Bertz CT molecular complexity index is 909. The Kier molecular flexibility index (Phi) is 8.66. The van der Waals surface area contributed by atoms with Gasteiger partial charge in [0.15, 0.2) is 0 Å². The second-order valence-corrected chi connectivity index (χ2v) is 8.16. The SMILES string of the molecule is C=CCc1cccc(/C=N/NC(=O)CN2CCN(Cc3ccc(SN)cc3)CC2)c1O. The minimum Gasteiger partial charge on any atom is -0.507 e. The summed E-state index contributed by atoms with van der Waals surface area (Å²) in [4.78, 5) is 17.8. The Hall–Kier alpha value is -2.65. The number of phenolic OH excluding ortho intramolecular Hbond substituents is 1. The first-order valence-electron chi connectivity index (χ1n) is 10.2. The Morgan fingerprint density at radius 3 is 2.55 bits per heavy atom. The van der Waals surface area contributed by atoms with E-state index < -0.39 is 0 Å². The van der Waals surface area contributed by atoms with Gasteiger partial charge >= 0.3 is 0 Å². The summed E-state index contributed by atoms with van der Waals surface area (Å²) in [6.45, 7) is 8.37. The number of nitrogens with zero attached hydrogens (tertiary/aromatic N) is 3. The van der Waals surface area contributed by atoms with E-state index in [-0.39, 0.29) is 11.7 Å². The number of allylic oxidation sites excluding steroid dienone is 1. The lowest BCUT2D eigenvalue weighted by Crippen LogP contribution is -2.48. The standard InChI is InChI=1S/C23H29N5O2S/c1-2-4-19-5-3-6-20(23(19)30)15-25-26-22(29)17-28-13-11-27(12-14-28)16-18-7-9-21(31-24)10-8-18/h2-3,5-10,15,30H,1,4,11-14,16-17,24H2,(H,26,29)/b25-15+. The molecule has 1 aliphatic heterocycles. The van der Waals surface area contributed by atoms with Crippen molar-refractivity contribution in [1.29, 1.82) is 0 Å². The highest BCUT2D eigenvalue weighted by atomic mass is 32.2. The molecule has 0 atom stereocenters. The summed E-state index contributed by atoms with van der Waals surface area (Å²) in [5.74, 6) is -0.00532. The molecule has 1 aliphatic rings. The minimum atomic E-state index is -0.165. The number of para-hydroxylation sites is 1. The lowest BCUT2D eigenvalue weighted by atomic mass is 10.1. The summed E-state index contributed by atoms with van der Waals surface area (Å²) in [6.07, 6.45) is 3.77. The predicted molar refractivity (Wildman–Crippen MR) is 126 cm³/mol. The van der Waals surface area contributed by atoms with E-state index in [1.54, 1.807) is 12.1 Å². The van der Waals surface area contributed by atoms with E-state index >= 15 is 0 Å². The highest BCUT2D eigenvalue weighted by Crippen LogP contribution is 2.21. The second kappa shape index (κ2) is 11.7. The molecule has 1 fully saturated rings. The Labute approximate surface area is 187 Å². The topological polar surface area (TPSA) is 94.2 Å². The molecule has 1 amide bonds. The average Bonchev–Trinajstić information content (AvgIpc) is 2.78. The fourth-order valence-corrected chi connectivity index (χ4v) is 3.78. The van der Waals surface area contributed by atoms with E-state index in [1.165, 1.54) is 23.7 Å². The number of rotatable bonds is 9. The fourth-order valence-electron chi connectivity index (χ4n) is 3.49. The second-order valence-electron chi connectivity index (χ2n) is 7.46. The maximum atomic E-state index is 12.2. The van der Waals surface area contributed by atoms with Crippen LogP contribution in [0.15, 0.2) is 65.1 Å². The first-order chi connectivity index (χ1) is 15.1. The van der Waals surface area contributed by atoms with Crippen molar-refractivity contribution in [3.8, 4) is 5.75 Å². The number of amides is 1. The van der Waals surface area contributed by atoms with Gasteiger partial charge in [-0.15, -0.1) is 6.58 Å². The Morgan fingerprint density at radius 1 is 1.16 bits per heavy atom. The molecular formula is C23H29N5O2S. The molecule has 0 aromatic heterocycles. The van der Waals surface area contributed by atoms with Crippen molar-refractivity contribution in [2.75, 3.05) is 32.7 Å². The molecular weight excluding hydrogens is 410 g/mol. The molecule has 2 aromatic rings. The zero-order chi connectivity index (χ0) is 22.1. The van der Waals surface area contributed by atoms with Crippen molar-refractivity contribution in [2.24, 2.45) is 10.2 Å². The van der Waals surface area contributed by atoms with E-state index in [9.17, 15) is 9.90 Å². The molecule has 0 spiro atoms. The molecule has 7 nitrogen and oxygen atoms in total. The number of hydrogen-bond donors (Lipinski definition) is 3. The Morgan fingerprint density at radius 2 is 1.87 bits per heavy atom. The number of hydrogen-bond acceptors (Lipinski definition) is 7. The van der Waals surface area contributed by atoms with Crippen LogP contribution in [0.3, 0.4) is 0 Å². The van der Waals surface area contributed by atoms with Crippen LogP contribution < -0.4 is 10.6 Å². The summed E-state index contributed by atoms with van der Waals surface area (Å²) in [7, 11) is 0. The number of benzene rings is 2. The average molecular weight is 440 g/mol. The molecule has 0 bridgehead atoms. The van der Waals surface area contributed by atoms with E-state index in [4.69, 9.17) is 5.14 Å². The number of phenols is 1. The van der Waals surface area contributed by atoms with Crippen LogP contribution in [0.5, 0.6) is 5.75 Å². The Balaban J connectivity index is 1.41. The zero-order valence-corrected chi connectivity index (χ0v) is 18.4. The summed E-state index contributed by atoms with van der Waals surface area (Å²) in [5.41, 5.74) is 5.15. The largest absolute Gasteiger partial charge is 0.507 e. The van der Waals surface area contributed by atoms with Crippen LogP contribution in [0.25, 0.3) is 0 Å². The number of carbonyl (C=O) groups is 1. The van der Waals surface area contributed by atoms with Crippen LogP contribution in [0.1, 0.15) is 16.7 Å². The van der Waals surface area contributed by atoms with Crippen LogP contribution in [0, 0.1) is 0 Å². The van der Waals surface area contributed by atoms with Crippen molar-refractivity contribution >= 4 is 24.1 Å². The van der Waals surface area contributed by atoms with Crippen LogP contribution in [-0.2, 0) is 17.8 Å². The maximum absolute atomic E-state index is 12.2. The summed E-state index contributed by atoms with van der Waals surface area (Å²) >= 11 is 1.25. The molecule has 31 heavy (non-hydrogen) atoms. The van der Waals surface area contributed by atoms with Crippen molar-refractivity contribution in [3.05, 3.63) is 71.8 Å². The van der Waals surface area contributed by atoms with Crippen molar-refractivity contribution in [1.82, 2.24) is 15.2 Å². The van der Waals surface area contributed by atoms with Crippen molar-refractivity contribution in [2.45, 2.75) is 17.9 Å². The fraction of sp³-hybridized carbons (Fsp3) is 0.304. The third kappa shape index (κ3) is 6.93. The quantitative estimate of drug-likeness (QED) is 0.240. The molecule has 0 radical (unpaired) electrons. The van der Waals surface area contributed by atoms with Gasteiger partial charge in [-0.2, -0.15) is 5.10 Å². The van der Waals surface area contributed by atoms with Gasteiger partial charge in [-0.1, -0.05) is 30.3 Å². The normalized spacial score (nSPS) is 15.3. The highest BCUT2D eigenvalue weighted by molar-refractivity contribution is 7.97. The highest BCUT2D eigenvalue weighted by Gasteiger charge is 2.19. The molecule has 2 aromatic carbocycles. The van der Waals surface area contributed by atoms with Crippen LogP contribution in [0.4, 0.5) is 0 Å². The van der Waals surface area contributed by atoms with Gasteiger partial charge in [0.25, 0.3) is 5.91 Å². The molecule has 0 aliphatic carbocycles. The number of carbonyl (C=O) groups excluding carboxylic acids is 1. The summed E-state index contributed by atoms with van der Waals surface area (Å²) in [6, 6.07) is 13.7. The molecule has 8 heteroatoms. The number of hydrazone groups is 1. The zero-order valence-electron chi connectivity index (χ0n) is 17.5. The lowest BCUT2D eigenvalue weighted by Gasteiger charge is -2.34. The number of aromatic hydroxyl groups is 1. The van der Waals surface area contributed by atoms with E-state index in [0.29, 0.717) is 18.5 Å². The van der Waals surface area contributed by atoms with E-state index in [1.807, 2.05) is 24.3 Å². The van der Waals surface area contributed by atoms with E-state index in [2.05, 4.69) is 39.0 Å². The number of nitrogens with two attached hydrogens (primary N) is 1. The lowest BCUT2D eigenvalue weighted by molar-refractivity contribution is -0.122.